The molecule has 1 atom stereocenters. The third-order valence-corrected chi connectivity index (χ3v) is 10.8. The van der Waals surface area contributed by atoms with Gasteiger partial charge in [0.1, 0.15) is 17.9 Å². The van der Waals surface area contributed by atoms with Crippen molar-refractivity contribution in [2.24, 2.45) is 0 Å². The number of methoxy groups -OCH3 is 1. The lowest BCUT2D eigenvalue weighted by atomic mass is 9.71. The van der Waals surface area contributed by atoms with Crippen LogP contribution in [0.2, 0.25) is 0 Å². The SMILES string of the molecule is CCOC(=O)CN1CCN(C(=O)C2(c3ccccc3)CCN(CCC(CN(C)C(=O)c3cc(-n4cnnn4)ccc3OC)c3ccc(F)cc3)CC2)CC1. The van der Waals surface area contributed by atoms with Crippen molar-refractivity contribution >= 4 is 17.8 Å². The van der Waals surface area contributed by atoms with Gasteiger partial charge < -0.3 is 24.2 Å². The van der Waals surface area contributed by atoms with Gasteiger partial charge in [-0.3, -0.25) is 19.3 Å². The van der Waals surface area contributed by atoms with Crippen molar-refractivity contribution in [3.63, 3.8) is 0 Å². The maximum atomic E-state index is 14.4. The molecule has 0 spiro atoms. The summed E-state index contributed by atoms with van der Waals surface area (Å²) >= 11 is 0. The number of piperazine rings is 1. The number of likely N-dealkylation sites (tertiary alicyclic amines) is 1. The molecule has 0 radical (unpaired) electrons. The van der Waals surface area contributed by atoms with Crippen molar-refractivity contribution in [3.8, 4) is 11.4 Å². The van der Waals surface area contributed by atoms with E-state index in [-0.39, 0.29) is 36.1 Å². The predicted octanol–water partition coefficient (Wildman–Crippen LogP) is 3.80. The third-order valence-electron chi connectivity index (χ3n) is 10.8. The number of carbonyl (C=O) groups excluding carboxylic acids is 3. The zero-order chi connectivity index (χ0) is 38.1. The van der Waals surface area contributed by atoms with Crippen LogP contribution in [0.25, 0.3) is 5.69 Å². The van der Waals surface area contributed by atoms with Gasteiger partial charge in [0.05, 0.1) is 36.9 Å². The summed E-state index contributed by atoms with van der Waals surface area (Å²) in [7, 11) is 3.29. The molecule has 2 aliphatic rings. The second-order valence-corrected chi connectivity index (χ2v) is 14.0. The van der Waals surface area contributed by atoms with Gasteiger partial charge in [-0.05, 0) is 97.7 Å². The minimum Gasteiger partial charge on any atom is -0.496 e. The molecule has 0 bridgehead atoms. The quantitative estimate of drug-likeness (QED) is 0.176. The molecule has 0 saturated carbocycles. The van der Waals surface area contributed by atoms with Crippen LogP contribution in [0.15, 0.2) is 79.1 Å². The molecule has 2 aliphatic heterocycles. The number of amides is 2. The summed E-state index contributed by atoms with van der Waals surface area (Å²) in [5.41, 5.74) is 2.34. The zero-order valence-electron chi connectivity index (χ0n) is 31.3. The summed E-state index contributed by atoms with van der Waals surface area (Å²) in [6.07, 6.45) is 3.53. The number of esters is 1. The number of hydrogen-bond donors (Lipinski definition) is 0. The van der Waals surface area contributed by atoms with E-state index in [1.807, 2.05) is 28.0 Å². The molecule has 4 aromatic rings. The predicted molar refractivity (Wildman–Crippen MR) is 200 cm³/mol. The van der Waals surface area contributed by atoms with Crippen LogP contribution < -0.4 is 4.74 Å². The molecule has 3 heterocycles. The second kappa shape index (κ2) is 17.7. The first kappa shape index (κ1) is 38.5. The van der Waals surface area contributed by atoms with Gasteiger partial charge in [0, 0.05) is 45.7 Å². The van der Waals surface area contributed by atoms with Gasteiger partial charge in [-0.2, -0.15) is 0 Å². The summed E-state index contributed by atoms with van der Waals surface area (Å²) < 4.78 is 26.2. The molecule has 3 aromatic carbocycles. The van der Waals surface area contributed by atoms with Crippen LogP contribution in [0.4, 0.5) is 4.39 Å². The number of likely N-dealkylation sites (N-methyl/N-ethyl adjacent to an activating group) is 1. The molecular weight excluding hydrogens is 691 g/mol. The van der Waals surface area contributed by atoms with E-state index in [9.17, 15) is 18.8 Å². The molecule has 14 heteroatoms. The van der Waals surface area contributed by atoms with E-state index >= 15 is 0 Å². The lowest BCUT2D eigenvalue weighted by molar-refractivity contribution is -0.146. The Bertz CT molecular complexity index is 1840. The van der Waals surface area contributed by atoms with Crippen molar-refractivity contribution in [3.05, 3.63) is 102 Å². The molecular formula is C40H49FN8O5. The van der Waals surface area contributed by atoms with Gasteiger partial charge in [-0.25, -0.2) is 9.07 Å². The van der Waals surface area contributed by atoms with Crippen LogP contribution in [-0.2, 0) is 19.7 Å². The molecule has 54 heavy (non-hydrogen) atoms. The number of hydrogen-bond acceptors (Lipinski definition) is 10. The van der Waals surface area contributed by atoms with E-state index in [2.05, 4.69) is 32.6 Å². The Hall–Kier alpha value is -5.21. The monoisotopic (exact) mass is 740 g/mol. The summed E-state index contributed by atoms with van der Waals surface area (Å²) in [6.45, 7) is 7.37. The molecule has 1 aromatic heterocycles. The topological polar surface area (TPSA) is 126 Å². The lowest BCUT2D eigenvalue weighted by Crippen LogP contribution is -2.57. The molecule has 0 aliphatic carbocycles. The maximum absolute atomic E-state index is 14.4. The summed E-state index contributed by atoms with van der Waals surface area (Å²) in [5.74, 6) is -0.276. The number of tetrazole rings is 1. The first-order chi connectivity index (χ1) is 26.2. The number of benzene rings is 3. The number of ether oxygens (including phenoxy) is 2. The summed E-state index contributed by atoms with van der Waals surface area (Å²) in [6, 6.07) is 21.8. The number of carbonyl (C=O) groups is 3. The van der Waals surface area contributed by atoms with Crippen LogP contribution in [0.5, 0.6) is 5.75 Å². The van der Waals surface area contributed by atoms with E-state index in [1.165, 1.54) is 30.3 Å². The van der Waals surface area contributed by atoms with Crippen molar-refractivity contribution in [2.45, 2.75) is 37.5 Å². The average Bonchev–Trinajstić information content (AvgIpc) is 3.75. The van der Waals surface area contributed by atoms with Gasteiger partial charge in [0.15, 0.2) is 0 Å². The molecule has 2 fully saturated rings. The van der Waals surface area contributed by atoms with E-state index < -0.39 is 5.41 Å². The number of aromatic nitrogens is 4. The van der Waals surface area contributed by atoms with Crippen molar-refractivity contribution in [1.29, 1.82) is 0 Å². The fourth-order valence-electron chi connectivity index (χ4n) is 7.68. The van der Waals surface area contributed by atoms with Crippen molar-refractivity contribution in [2.75, 3.05) is 79.7 Å². The van der Waals surface area contributed by atoms with Gasteiger partial charge in [0.2, 0.25) is 5.91 Å². The van der Waals surface area contributed by atoms with Crippen molar-refractivity contribution < 1.29 is 28.2 Å². The highest BCUT2D eigenvalue weighted by atomic mass is 19.1. The molecule has 6 rings (SSSR count). The minimum atomic E-state index is -0.639. The van der Waals surface area contributed by atoms with E-state index in [1.54, 1.807) is 49.2 Å². The number of halogens is 1. The molecule has 286 valence electrons. The Morgan fingerprint density at radius 3 is 2.30 bits per heavy atom. The van der Waals surface area contributed by atoms with Crippen molar-refractivity contribution in [1.82, 2.24) is 39.8 Å². The maximum Gasteiger partial charge on any atom is 0.320 e. The molecule has 2 saturated heterocycles. The molecule has 1 unspecified atom stereocenters. The Morgan fingerprint density at radius 2 is 1.65 bits per heavy atom. The largest absolute Gasteiger partial charge is 0.496 e. The molecule has 2 amide bonds. The van der Waals surface area contributed by atoms with E-state index in [0.717, 1.165) is 37.2 Å². The Balaban J connectivity index is 1.13. The highest BCUT2D eigenvalue weighted by Crippen LogP contribution is 2.38. The normalized spacial score (nSPS) is 16.8. The Labute approximate surface area is 315 Å². The first-order valence-corrected chi connectivity index (χ1v) is 18.6. The highest BCUT2D eigenvalue weighted by molar-refractivity contribution is 5.97. The fraction of sp³-hybridized carbons (Fsp3) is 0.450. The second-order valence-electron chi connectivity index (χ2n) is 14.0. The fourth-order valence-corrected chi connectivity index (χ4v) is 7.68. The van der Waals surface area contributed by atoms with Gasteiger partial charge >= 0.3 is 5.97 Å². The van der Waals surface area contributed by atoms with Gasteiger partial charge in [0.25, 0.3) is 5.91 Å². The number of nitrogens with zero attached hydrogens (tertiary/aromatic N) is 8. The zero-order valence-corrected chi connectivity index (χ0v) is 31.3. The number of piperidine rings is 1. The van der Waals surface area contributed by atoms with Crippen LogP contribution in [0.3, 0.4) is 0 Å². The minimum absolute atomic E-state index is 0.0819. The van der Waals surface area contributed by atoms with Crippen LogP contribution in [-0.4, -0.2) is 137 Å². The summed E-state index contributed by atoms with van der Waals surface area (Å²) in [4.78, 5) is 48.5. The standard InChI is InChI=1S/C40H49FN8O5/c1-4-54-37(50)28-47-22-24-48(25-23-47)39(52)40(32-8-6-5-7-9-32)17-20-46(21-18-40)19-16-31(30-10-12-33(41)13-11-30)27-45(2)38(51)35-26-34(14-15-36(35)53-3)49-29-42-43-44-49/h5-15,26,29,31H,4,16-25,27-28H2,1-3H3. The number of rotatable bonds is 14. The molecule has 13 nitrogen and oxygen atoms in total. The third kappa shape index (κ3) is 8.93. The van der Waals surface area contributed by atoms with Crippen LogP contribution in [0.1, 0.15) is 53.6 Å². The Kier molecular flexibility index (Phi) is 12.7. The molecule has 0 N–H and O–H groups in total. The van der Waals surface area contributed by atoms with Gasteiger partial charge in [-0.15, -0.1) is 5.10 Å². The van der Waals surface area contributed by atoms with E-state index in [0.29, 0.717) is 69.2 Å². The van der Waals surface area contributed by atoms with Gasteiger partial charge in [-0.1, -0.05) is 42.5 Å². The highest BCUT2D eigenvalue weighted by Gasteiger charge is 2.45. The lowest BCUT2D eigenvalue weighted by Gasteiger charge is -2.45. The van der Waals surface area contributed by atoms with E-state index in [4.69, 9.17) is 9.47 Å². The summed E-state index contributed by atoms with van der Waals surface area (Å²) in [5, 5.41) is 11.3. The average molecular weight is 741 g/mol. The Morgan fingerprint density at radius 1 is 0.926 bits per heavy atom. The van der Waals surface area contributed by atoms with Crippen LogP contribution in [0, 0.1) is 5.82 Å². The smallest absolute Gasteiger partial charge is 0.320 e. The first-order valence-electron chi connectivity index (χ1n) is 18.6. The van der Waals surface area contributed by atoms with Crippen LogP contribution >= 0.6 is 0 Å².